The van der Waals surface area contributed by atoms with E-state index in [1.807, 2.05) is 127 Å². The van der Waals surface area contributed by atoms with Gasteiger partial charge in [0, 0.05) is 67.6 Å². The molecule has 0 N–H and O–H groups in total. The second-order valence-electron chi connectivity index (χ2n) is 14.8. The van der Waals surface area contributed by atoms with E-state index >= 15 is 0 Å². The molecule has 0 amide bonds. The minimum atomic E-state index is 0.205. The maximum absolute atomic E-state index is 6.33. The van der Waals surface area contributed by atoms with Crippen LogP contribution in [0, 0.1) is 0 Å². The molecule has 294 valence electrons. The van der Waals surface area contributed by atoms with Gasteiger partial charge in [0.25, 0.3) is 17.7 Å². The molecule has 0 bridgehead atoms. The number of hydrogen-bond donors (Lipinski definition) is 0. The molecule has 9 heterocycles. The Balaban J connectivity index is 0.917. The second-order valence-corrected chi connectivity index (χ2v) is 14.8. The van der Waals surface area contributed by atoms with Crippen molar-refractivity contribution in [3.8, 4) is 69.1 Å². The molecule has 0 aliphatic heterocycles. The van der Waals surface area contributed by atoms with Gasteiger partial charge in [-0.25, -0.2) is 15.0 Å². The third-order valence-corrected chi connectivity index (χ3v) is 10.9. The van der Waals surface area contributed by atoms with E-state index in [1.165, 1.54) is 0 Å². The van der Waals surface area contributed by atoms with Gasteiger partial charge < -0.3 is 13.3 Å². The lowest BCUT2D eigenvalue weighted by Gasteiger charge is -2.05. The lowest BCUT2D eigenvalue weighted by atomic mass is 10.1. The van der Waals surface area contributed by atoms with Crippen LogP contribution in [-0.2, 0) is 0 Å². The number of pyridine rings is 6. The van der Waals surface area contributed by atoms with Gasteiger partial charge in [-0.05, 0) is 54.6 Å². The van der Waals surface area contributed by atoms with Gasteiger partial charge in [-0.1, -0.05) is 72.8 Å². The third kappa shape index (κ3) is 5.83. The van der Waals surface area contributed by atoms with Crippen molar-refractivity contribution in [2.75, 3.05) is 0 Å². The number of benzene rings is 4. The van der Waals surface area contributed by atoms with E-state index in [9.17, 15) is 0 Å². The van der Waals surface area contributed by atoms with Crippen LogP contribution in [0.4, 0.5) is 0 Å². The molecule has 0 radical (unpaired) electrons. The summed E-state index contributed by atoms with van der Waals surface area (Å²) in [5.74, 6) is 1.28. The van der Waals surface area contributed by atoms with Crippen LogP contribution in [0.3, 0.4) is 0 Å². The minimum absolute atomic E-state index is 0.205. The molecule has 13 aromatic rings. The fourth-order valence-electron chi connectivity index (χ4n) is 7.86. The van der Waals surface area contributed by atoms with Crippen molar-refractivity contribution in [2.24, 2.45) is 0 Å². The number of hydrogen-bond acceptors (Lipinski definition) is 15. The summed E-state index contributed by atoms with van der Waals surface area (Å²) in [6.45, 7) is 0. The number of aromatic nitrogens is 12. The summed E-state index contributed by atoms with van der Waals surface area (Å²) in [5, 5.41) is 32.3. The van der Waals surface area contributed by atoms with Crippen molar-refractivity contribution in [3.63, 3.8) is 0 Å². The largest absolute Gasteiger partial charge is 0.415 e. The summed E-state index contributed by atoms with van der Waals surface area (Å²) < 4.78 is 19.0. The first-order chi connectivity index (χ1) is 31.1. The summed E-state index contributed by atoms with van der Waals surface area (Å²) in [7, 11) is 0. The van der Waals surface area contributed by atoms with Gasteiger partial charge in [0.2, 0.25) is 17.7 Å². The Hall–Kier alpha value is -9.24. The number of nitrogens with zero attached hydrogens (tertiary/aromatic N) is 12. The highest BCUT2D eigenvalue weighted by Gasteiger charge is 2.22. The van der Waals surface area contributed by atoms with Crippen molar-refractivity contribution < 1.29 is 13.3 Å². The van der Waals surface area contributed by atoms with Gasteiger partial charge in [0.1, 0.15) is 17.1 Å². The van der Waals surface area contributed by atoms with Crippen molar-refractivity contribution in [2.45, 2.75) is 0 Å². The maximum Gasteiger partial charge on any atom is 0.266 e. The highest BCUT2D eigenvalue weighted by atomic mass is 16.4. The Morgan fingerprint density at radius 2 is 0.540 bits per heavy atom. The van der Waals surface area contributed by atoms with Crippen molar-refractivity contribution >= 4 is 65.4 Å². The molecule has 4 aromatic carbocycles. The fraction of sp³-hybridized carbons (Fsp3) is 0. The number of fused-ring (bicyclic) bond motifs is 9. The zero-order chi connectivity index (χ0) is 41.4. The first-order valence-electron chi connectivity index (χ1n) is 19.8. The molecule has 0 fully saturated rings. The van der Waals surface area contributed by atoms with E-state index in [2.05, 4.69) is 45.5 Å². The summed E-state index contributed by atoms with van der Waals surface area (Å²) in [6, 6.07) is 40.6. The first kappa shape index (κ1) is 34.6. The average Bonchev–Trinajstić information content (AvgIpc) is 4.16. The highest BCUT2D eigenvalue weighted by Crippen LogP contribution is 2.36. The Morgan fingerprint density at radius 3 is 0.857 bits per heavy atom. The molecule has 0 aliphatic rings. The zero-order valence-electron chi connectivity index (χ0n) is 32.4. The summed E-state index contributed by atoms with van der Waals surface area (Å²) >= 11 is 0. The minimum Gasteiger partial charge on any atom is -0.415 e. The summed E-state index contributed by atoms with van der Waals surface area (Å²) in [5.41, 5.74) is 7.57. The molecule has 13 rings (SSSR count). The van der Waals surface area contributed by atoms with E-state index in [1.54, 1.807) is 18.6 Å². The van der Waals surface area contributed by atoms with Crippen LogP contribution in [0.15, 0.2) is 159 Å². The SMILES string of the molecule is c1cnc2c(c1)ccc1ccc(-c3nnc(-c4cc(-c5nnc(-c6ccc7ccc8cccnc8c7n6)o5)cc(-c5nnc(-c6ccc7ccc8cccnc8c7n6)o5)c4)o3)nc12. The van der Waals surface area contributed by atoms with Crippen LogP contribution in [0.1, 0.15) is 0 Å². The Morgan fingerprint density at radius 1 is 0.270 bits per heavy atom. The van der Waals surface area contributed by atoms with Crippen molar-refractivity contribution in [1.82, 2.24) is 60.5 Å². The van der Waals surface area contributed by atoms with Crippen LogP contribution < -0.4 is 0 Å². The lowest BCUT2D eigenvalue weighted by Crippen LogP contribution is -1.88. The fourth-order valence-corrected chi connectivity index (χ4v) is 7.86. The summed E-state index contributed by atoms with van der Waals surface area (Å²) in [6.07, 6.45) is 5.25. The monoisotopic (exact) mass is 816 g/mol. The summed E-state index contributed by atoms with van der Waals surface area (Å²) in [4.78, 5) is 28.5. The van der Waals surface area contributed by atoms with Gasteiger partial charge >= 0.3 is 0 Å². The predicted molar refractivity (Wildman–Crippen MR) is 234 cm³/mol. The molecule has 0 unspecified atom stereocenters. The standard InChI is InChI=1S/C48H24N12O3/c1-4-25-7-10-28-13-16-34(52-40(28)37(25)49-19-1)46-58-55-43(61-46)31-22-32(44-56-59-47(62-44)35-17-14-29-11-8-26-5-2-20-50-38(26)41(29)53-35)24-33(23-31)45-57-60-48(63-45)36-18-15-30-12-9-27-6-3-21-51-39(27)42(30)54-36/h1-24H. The number of rotatable bonds is 6. The molecule has 0 saturated carbocycles. The predicted octanol–water partition coefficient (Wildman–Crippen LogP) is 10.1. The molecule has 9 aromatic heterocycles. The van der Waals surface area contributed by atoms with Crippen LogP contribution in [-0.4, -0.2) is 60.5 Å². The van der Waals surface area contributed by atoms with Gasteiger partial charge in [-0.3, -0.25) is 15.0 Å². The Bertz CT molecular complexity index is 3550. The van der Waals surface area contributed by atoms with E-state index in [-0.39, 0.29) is 35.3 Å². The topological polar surface area (TPSA) is 194 Å². The van der Waals surface area contributed by atoms with Gasteiger partial charge in [-0.15, -0.1) is 30.6 Å². The smallest absolute Gasteiger partial charge is 0.266 e. The van der Waals surface area contributed by atoms with Crippen LogP contribution in [0.25, 0.3) is 135 Å². The molecule has 0 saturated heterocycles. The maximum atomic E-state index is 6.33. The normalized spacial score (nSPS) is 11.8. The van der Waals surface area contributed by atoms with E-state index in [4.69, 9.17) is 28.2 Å². The molecular weight excluding hydrogens is 793 g/mol. The quantitative estimate of drug-likeness (QED) is 0.144. The molecule has 0 aliphatic carbocycles. The average molecular weight is 817 g/mol. The highest BCUT2D eigenvalue weighted by molar-refractivity contribution is 6.05. The molecule has 15 nitrogen and oxygen atoms in total. The zero-order valence-corrected chi connectivity index (χ0v) is 32.4. The van der Waals surface area contributed by atoms with Crippen molar-refractivity contribution in [1.29, 1.82) is 0 Å². The van der Waals surface area contributed by atoms with E-state index in [0.717, 1.165) is 65.4 Å². The van der Waals surface area contributed by atoms with Crippen LogP contribution in [0.2, 0.25) is 0 Å². The first-order valence-corrected chi connectivity index (χ1v) is 19.8. The van der Waals surface area contributed by atoms with Crippen LogP contribution >= 0.6 is 0 Å². The van der Waals surface area contributed by atoms with Crippen molar-refractivity contribution in [3.05, 3.63) is 146 Å². The van der Waals surface area contributed by atoms with Gasteiger partial charge in [0.15, 0.2) is 0 Å². The van der Waals surface area contributed by atoms with Gasteiger partial charge in [0.05, 0.1) is 33.1 Å². The van der Waals surface area contributed by atoms with Crippen LogP contribution in [0.5, 0.6) is 0 Å². The lowest BCUT2D eigenvalue weighted by molar-refractivity contribution is 0.578. The van der Waals surface area contributed by atoms with E-state index in [0.29, 0.717) is 33.8 Å². The molecular formula is C48H24N12O3. The molecule has 15 heteroatoms. The molecule has 63 heavy (non-hydrogen) atoms. The molecule has 0 spiro atoms. The second kappa shape index (κ2) is 13.7. The molecule has 0 atom stereocenters. The van der Waals surface area contributed by atoms with Gasteiger partial charge in [-0.2, -0.15) is 0 Å². The third-order valence-electron chi connectivity index (χ3n) is 10.9. The Labute approximate surface area is 353 Å². The van der Waals surface area contributed by atoms with E-state index < -0.39 is 0 Å². The Kier molecular flexibility index (Phi) is 7.50.